The number of halogens is 1. The predicted molar refractivity (Wildman–Crippen MR) is 111 cm³/mol. The number of anilines is 1. The number of rotatable bonds is 3. The van der Waals surface area contributed by atoms with E-state index in [1.165, 1.54) is 23.9 Å². The number of nitrogens with zero attached hydrogens (tertiary/aromatic N) is 3. The van der Waals surface area contributed by atoms with Crippen molar-refractivity contribution in [2.45, 2.75) is 18.7 Å². The number of amides is 1. The van der Waals surface area contributed by atoms with E-state index in [4.69, 9.17) is 0 Å². The molecule has 4 nitrogen and oxygen atoms in total. The second-order valence-corrected chi connectivity index (χ2v) is 7.98. The van der Waals surface area contributed by atoms with Crippen molar-refractivity contribution in [3.05, 3.63) is 64.3 Å². The molecule has 138 valence electrons. The Hall–Kier alpha value is -2.25. The number of thioether (sulfide) groups is 2. The lowest BCUT2D eigenvalue weighted by Gasteiger charge is -2.19. The van der Waals surface area contributed by atoms with Crippen LogP contribution in [0, 0.1) is 5.82 Å². The van der Waals surface area contributed by atoms with Crippen LogP contribution >= 0.6 is 23.5 Å². The van der Waals surface area contributed by atoms with Crippen molar-refractivity contribution in [2.75, 3.05) is 18.0 Å². The number of amidine groups is 1. The van der Waals surface area contributed by atoms with Crippen LogP contribution in [0.15, 0.2) is 68.4 Å². The van der Waals surface area contributed by atoms with Gasteiger partial charge in [-0.05, 0) is 62.0 Å². The first-order valence-corrected chi connectivity index (χ1v) is 10.4. The molecule has 7 heteroatoms. The van der Waals surface area contributed by atoms with E-state index < -0.39 is 0 Å². The van der Waals surface area contributed by atoms with Crippen LogP contribution < -0.4 is 4.90 Å². The van der Waals surface area contributed by atoms with Crippen molar-refractivity contribution in [3.63, 3.8) is 0 Å². The summed E-state index contributed by atoms with van der Waals surface area (Å²) >= 11 is 3.01. The molecule has 2 aromatic rings. The third-order valence-corrected chi connectivity index (χ3v) is 6.73. The molecule has 1 amide bonds. The lowest BCUT2D eigenvalue weighted by atomic mass is 10.3. The largest absolute Gasteiger partial charge is 0.334 e. The summed E-state index contributed by atoms with van der Waals surface area (Å²) < 4.78 is 13.1. The van der Waals surface area contributed by atoms with Gasteiger partial charge < -0.3 is 4.90 Å². The third-order valence-electron chi connectivity index (χ3n) is 4.35. The van der Waals surface area contributed by atoms with Gasteiger partial charge in [-0.25, -0.2) is 9.38 Å². The van der Waals surface area contributed by atoms with Crippen molar-refractivity contribution in [3.8, 4) is 0 Å². The Morgan fingerprint density at radius 1 is 0.963 bits per heavy atom. The van der Waals surface area contributed by atoms with E-state index in [-0.39, 0.29) is 11.7 Å². The van der Waals surface area contributed by atoms with E-state index in [0.717, 1.165) is 22.2 Å². The number of hydrogen-bond donors (Lipinski definition) is 0. The molecule has 0 unspecified atom stereocenters. The average Bonchev–Trinajstić information content (AvgIpc) is 3.20. The van der Waals surface area contributed by atoms with Gasteiger partial charge in [-0.3, -0.25) is 9.69 Å². The van der Waals surface area contributed by atoms with Crippen molar-refractivity contribution in [1.29, 1.82) is 0 Å². The maximum Gasteiger partial charge on any atom is 0.269 e. The molecule has 0 spiro atoms. The second-order valence-electron chi connectivity index (χ2n) is 5.97. The molecule has 27 heavy (non-hydrogen) atoms. The Morgan fingerprint density at radius 2 is 1.67 bits per heavy atom. The van der Waals surface area contributed by atoms with Crippen molar-refractivity contribution in [1.82, 2.24) is 4.90 Å². The van der Waals surface area contributed by atoms with Gasteiger partial charge in [-0.2, -0.15) is 0 Å². The van der Waals surface area contributed by atoms with Crippen molar-refractivity contribution >= 4 is 46.0 Å². The number of carbonyl (C=O) groups is 1. The normalized spacial score (nSPS) is 20.7. The first-order valence-electron chi connectivity index (χ1n) is 8.75. The highest BCUT2D eigenvalue weighted by Gasteiger charge is 2.38. The lowest BCUT2D eigenvalue weighted by molar-refractivity contribution is -0.122. The predicted octanol–water partition coefficient (Wildman–Crippen LogP) is 5.21. The molecule has 0 aliphatic carbocycles. The third kappa shape index (κ3) is 3.26. The molecule has 2 aromatic carbocycles. The van der Waals surface area contributed by atoms with Crippen LogP contribution in [-0.2, 0) is 4.79 Å². The second kappa shape index (κ2) is 7.40. The van der Waals surface area contributed by atoms with Crippen LogP contribution in [0.25, 0.3) is 0 Å². The van der Waals surface area contributed by atoms with Crippen LogP contribution in [0.2, 0.25) is 0 Å². The molecule has 1 fully saturated rings. The minimum Gasteiger partial charge on any atom is -0.334 e. The Kier molecular flexibility index (Phi) is 4.97. The summed E-state index contributed by atoms with van der Waals surface area (Å²) in [7, 11) is 0. The molecular formula is C20H18FN3OS2. The first kappa shape index (κ1) is 18.1. The zero-order chi connectivity index (χ0) is 19.0. The maximum absolute atomic E-state index is 13.1. The molecule has 1 saturated heterocycles. The molecule has 2 heterocycles. The number of benzene rings is 2. The summed E-state index contributed by atoms with van der Waals surface area (Å²) in [6.45, 7) is 5.33. The Bertz CT molecular complexity index is 956. The van der Waals surface area contributed by atoms with Crippen LogP contribution in [0.5, 0.6) is 0 Å². The number of likely N-dealkylation sites (N-methyl/N-ethyl adjacent to an activating group) is 1. The van der Waals surface area contributed by atoms with Gasteiger partial charge in [-0.15, -0.1) is 0 Å². The molecular weight excluding hydrogens is 381 g/mol. The smallest absolute Gasteiger partial charge is 0.269 e. The van der Waals surface area contributed by atoms with Crippen molar-refractivity contribution < 1.29 is 9.18 Å². The van der Waals surface area contributed by atoms with Gasteiger partial charge in [0.1, 0.15) is 15.8 Å². The number of para-hydroxylation sites is 1. The monoisotopic (exact) mass is 399 g/mol. The van der Waals surface area contributed by atoms with Crippen LogP contribution in [-0.4, -0.2) is 29.1 Å². The summed E-state index contributed by atoms with van der Waals surface area (Å²) in [6.07, 6.45) is 0. The fraction of sp³-hybridized carbons (Fsp3) is 0.200. The molecule has 2 aliphatic heterocycles. The van der Waals surface area contributed by atoms with Gasteiger partial charge >= 0.3 is 0 Å². The lowest BCUT2D eigenvalue weighted by Crippen LogP contribution is -2.29. The van der Waals surface area contributed by atoms with Gasteiger partial charge in [-0.1, -0.05) is 23.9 Å². The molecule has 4 rings (SSSR count). The summed E-state index contributed by atoms with van der Waals surface area (Å²) in [5, 5.41) is 1.58. The highest BCUT2D eigenvalue weighted by Crippen LogP contribution is 2.50. The fourth-order valence-corrected chi connectivity index (χ4v) is 5.50. The molecule has 0 aromatic heterocycles. The summed E-state index contributed by atoms with van der Waals surface area (Å²) in [6, 6.07) is 14.2. The minimum absolute atomic E-state index is 0.0304. The molecule has 2 aliphatic rings. The molecule has 0 atom stereocenters. The standard InChI is InChI=1S/C20H18FN3OS2/c1-3-23-15-7-5-6-8-16(15)26-19(23)17-18(25)24(4-2)20(27-17)22-14-11-9-13(21)10-12-14/h5-12H,3-4H2,1-2H3/b19-17-,22-20?. The highest BCUT2D eigenvalue weighted by molar-refractivity contribution is 8.19. The number of carbonyl (C=O) groups excluding carboxylic acids is 1. The Morgan fingerprint density at radius 3 is 2.37 bits per heavy atom. The Balaban J connectivity index is 1.74. The van der Waals surface area contributed by atoms with E-state index in [9.17, 15) is 9.18 Å². The summed E-state index contributed by atoms with van der Waals surface area (Å²) in [4.78, 5) is 23.3. The van der Waals surface area contributed by atoms with E-state index >= 15 is 0 Å². The van der Waals surface area contributed by atoms with Gasteiger partial charge in [0, 0.05) is 18.0 Å². The van der Waals surface area contributed by atoms with E-state index in [1.54, 1.807) is 28.8 Å². The zero-order valence-electron chi connectivity index (χ0n) is 15.0. The Labute approximate surface area is 166 Å². The number of hydrogen-bond acceptors (Lipinski definition) is 5. The van der Waals surface area contributed by atoms with Crippen LogP contribution in [0.3, 0.4) is 0 Å². The number of fused-ring (bicyclic) bond motifs is 1. The fourth-order valence-electron chi connectivity index (χ4n) is 3.04. The topological polar surface area (TPSA) is 35.9 Å². The zero-order valence-corrected chi connectivity index (χ0v) is 16.6. The summed E-state index contributed by atoms with van der Waals surface area (Å²) in [5.74, 6) is -0.333. The number of aliphatic imine (C=N–C) groups is 1. The quantitative estimate of drug-likeness (QED) is 0.664. The van der Waals surface area contributed by atoms with Gasteiger partial charge in [0.05, 0.1) is 11.4 Å². The first-order chi connectivity index (χ1) is 13.1. The highest BCUT2D eigenvalue weighted by atomic mass is 32.2. The van der Waals surface area contributed by atoms with Gasteiger partial charge in [0.25, 0.3) is 5.91 Å². The van der Waals surface area contributed by atoms with Gasteiger partial charge in [0.15, 0.2) is 5.17 Å². The summed E-state index contributed by atoms with van der Waals surface area (Å²) in [5.41, 5.74) is 1.76. The molecule has 0 bridgehead atoms. The van der Waals surface area contributed by atoms with Crippen molar-refractivity contribution in [2.24, 2.45) is 4.99 Å². The van der Waals surface area contributed by atoms with Crippen LogP contribution in [0.4, 0.5) is 15.8 Å². The maximum atomic E-state index is 13.1. The molecule has 0 radical (unpaired) electrons. The average molecular weight is 400 g/mol. The van der Waals surface area contributed by atoms with E-state index in [1.807, 2.05) is 19.1 Å². The van der Waals surface area contributed by atoms with Crippen LogP contribution in [0.1, 0.15) is 13.8 Å². The van der Waals surface area contributed by atoms with Gasteiger partial charge in [0.2, 0.25) is 0 Å². The van der Waals surface area contributed by atoms with E-state index in [2.05, 4.69) is 28.9 Å². The van der Waals surface area contributed by atoms with E-state index in [0.29, 0.717) is 22.3 Å². The molecule has 0 saturated carbocycles. The SMILES string of the molecule is CCN1C(=O)/C(=C2/Sc3ccccc3N2CC)SC1=Nc1ccc(F)cc1. The molecule has 0 N–H and O–H groups in total. The minimum atomic E-state index is -0.303.